The average molecular weight is 218 g/mol. The predicted octanol–water partition coefficient (Wildman–Crippen LogP) is 2.37. The highest BCUT2D eigenvalue weighted by Crippen LogP contribution is 2.17. The van der Waals surface area contributed by atoms with Crippen molar-refractivity contribution < 1.29 is 5.11 Å². The highest BCUT2D eigenvalue weighted by atomic mass is 16.3. The number of aliphatic hydroxyl groups is 1. The molecule has 3 nitrogen and oxygen atoms in total. The van der Waals surface area contributed by atoms with Crippen LogP contribution in [0, 0.1) is 0 Å². The van der Waals surface area contributed by atoms with Gasteiger partial charge >= 0.3 is 0 Å². The molecular formula is C13H18N2O. The van der Waals surface area contributed by atoms with Crippen LogP contribution in [0.4, 0.5) is 0 Å². The van der Waals surface area contributed by atoms with Crippen LogP contribution in [0.3, 0.4) is 0 Å². The molecule has 2 rings (SSSR count). The highest BCUT2D eigenvalue weighted by Gasteiger charge is 2.08. The number of unbranched alkanes of at least 4 members (excludes halogenated alkanes) is 1. The zero-order valence-corrected chi connectivity index (χ0v) is 9.69. The van der Waals surface area contributed by atoms with Gasteiger partial charge in [-0.25, -0.2) is 4.98 Å². The normalized spacial score (nSPS) is 11.1. The van der Waals surface area contributed by atoms with Gasteiger partial charge in [0.2, 0.25) is 0 Å². The monoisotopic (exact) mass is 218 g/mol. The van der Waals surface area contributed by atoms with Crippen molar-refractivity contribution in [2.45, 2.75) is 32.7 Å². The van der Waals surface area contributed by atoms with E-state index in [4.69, 9.17) is 5.11 Å². The van der Waals surface area contributed by atoms with Gasteiger partial charge < -0.3 is 9.67 Å². The third-order valence-electron chi connectivity index (χ3n) is 2.80. The first kappa shape index (κ1) is 11.1. The second-order valence-corrected chi connectivity index (χ2v) is 4.00. The summed E-state index contributed by atoms with van der Waals surface area (Å²) >= 11 is 0. The quantitative estimate of drug-likeness (QED) is 0.836. The number of para-hydroxylation sites is 2. The molecule has 0 fully saturated rings. The summed E-state index contributed by atoms with van der Waals surface area (Å²) in [6, 6.07) is 8.16. The summed E-state index contributed by atoms with van der Waals surface area (Å²) in [5.41, 5.74) is 2.21. The van der Waals surface area contributed by atoms with Crippen molar-refractivity contribution >= 4 is 11.0 Å². The largest absolute Gasteiger partial charge is 0.396 e. The minimum Gasteiger partial charge on any atom is -0.396 e. The fourth-order valence-corrected chi connectivity index (χ4v) is 1.98. The maximum atomic E-state index is 9.04. The topological polar surface area (TPSA) is 38.0 Å². The molecule has 0 saturated carbocycles. The Labute approximate surface area is 95.7 Å². The lowest BCUT2D eigenvalue weighted by Crippen LogP contribution is -2.05. The first-order valence-electron chi connectivity index (χ1n) is 5.91. The van der Waals surface area contributed by atoms with Crippen molar-refractivity contribution in [2.75, 3.05) is 6.61 Å². The van der Waals surface area contributed by atoms with E-state index in [1.54, 1.807) is 0 Å². The number of imidazole rings is 1. The summed E-state index contributed by atoms with van der Waals surface area (Å²) in [4.78, 5) is 4.56. The van der Waals surface area contributed by atoms with E-state index >= 15 is 0 Å². The molecule has 0 bridgehead atoms. The van der Waals surface area contributed by atoms with Crippen molar-refractivity contribution in [2.24, 2.45) is 0 Å². The Hall–Kier alpha value is -1.35. The standard InChI is InChI=1S/C13H18N2O/c1-2-3-9-15-12-7-5-4-6-11(12)14-13(15)8-10-16/h4-7,16H,2-3,8-10H2,1H3. The summed E-state index contributed by atoms with van der Waals surface area (Å²) in [5, 5.41) is 9.04. The molecule has 1 aromatic carbocycles. The first-order chi connectivity index (χ1) is 7.86. The van der Waals surface area contributed by atoms with Crippen LogP contribution < -0.4 is 0 Å². The molecule has 1 aromatic heterocycles. The Balaban J connectivity index is 2.42. The van der Waals surface area contributed by atoms with Crippen molar-refractivity contribution in [3.63, 3.8) is 0 Å². The molecule has 0 saturated heterocycles. The molecule has 0 atom stereocenters. The zero-order chi connectivity index (χ0) is 11.4. The molecule has 16 heavy (non-hydrogen) atoms. The average Bonchev–Trinajstić information content (AvgIpc) is 2.65. The lowest BCUT2D eigenvalue weighted by atomic mass is 10.3. The van der Waals surface area contributed by atoms with Gasteiger partial charge in [-0.15, -0.1) is 0 Å². The van der Waals surface area contributed by atoms with E-state index in [9.17, 15) is 0 Å². The fraction of sp³-hybridized carbons (Fsp3) is 0.462. The van der Waals surface area contributed by atoms with E-state index in [-0.39, 0.29) is 6.61 Å². The Morgan fingerprint density at radius 1 is 1.31 bits per heavy atom. The number of rotatable bonds is 5. The minimum atomic E-state index is 0.162. The zero-order valence-electron chi connectivity index (χ0n) is 9.69. The predicted molar refractivity (Wildman–Crippen MR) is 65.4 cm³/mol. The van der Waals surface area contributed by atoms with Gasteiger partial charge in [0.15, 0.2) is 0 Å². The Morgan fingerprint density at radius 3 is 2.88 bits per heavy atom. The number of aryl methyl sites for hydroxylation is 1. The van der Waals surface area contributed by atoms with Crippen LogP contribution in [-0.2, 0) is 13.0 Å². The van der Waals surface area contributed by atoms with Crippen LogP contribution >= 0.6 is 0 Å². The van der Waals surface area contributed by atoms with Gasteiger partial charge in [-0.05, 0) is 18.6 Å². The first-order valence-corrected chi connectivity index (χ1v) is 5.91. The van der Waals surface area contributed by atoms with E-state index in [0.29, 0.717) is 6.42 Å². The number of fused-ring (bicyclic) bond motifs is 1. The van der Waals surface area contributed by atoms with Crippen LogP contribution in [0.1, 0.15) is 25.6 Å². The molecule has 1 heterocycles. The lowest BCUT2D eigenvalue weighted by molar-refractivity contribution is 0.294. The molecule has 0 aliphatic heterocycles. The van der Waals surface area contributed by atoms with Crippen LogP contribution in [0.15, 0.2) is 24.3 Å². The van der Waals surface area contributed by atoms with Crippen molar-refractivity contribution in [3.8, 4) is 0 Å². The molecule has 2 aromatic rings. The molecule has 1 N–H and O–H groups in total. The van der Waals surface area contributed by atoms with Crippen molar-refractivity contribution in [1.29, 1.82) is 0 Å². The fourth-order valence-electron chi connectivity index (χ4n) is 1.98. The van der Waals surface area contributed by atoms with Gasteiger partial charge in [-0.2, -0.15) is 0 Å². The van der Waals surface area contributed by atoms with E-state index in [2.05, 4.69) is 22.5 Å². The van der Waals surface area contributed by atoms with Gasteiger partial charge in [0.25, 0.3) is 0 Å². The van der Waals surface area contributed by atoms with Crippen LogP contribution in [0.2, 0.25) is 0 Å². The summed E-state index contributed by atoms with van der Waals surface area (Å²) in [5.74, 6) is 0.997. The summed E-state index contributed by atoms with van der Waals surface area (Å²) in [6.07, 6.45) is 2.96. The number of hydrogen-bond donors (Lipinski definition) is 1. The third kappa shape index (κ3) is 2.09. The molecule has 0 aliphatic rings. The van der Waals surface area contributed by atoms with Crippen molar-refractivity contribution in [1.82, 2.24) is 9.55 Å². The smallest absolute Gasteiger partial charge is 0.112 e. The Morgan fingerprint density at radius 2 is 2.12 bits per heavy atom. The SMILES string of the molecule is CCCCn1c(CCO)nc2ccccc21. The minimum absolute atomic E-state index is 0.162. The maximum absolute atomic E-state index is 9.04. The molecule has 0 spiro atoms. The number of nitrogens with zero attached hydrogens (tertiary/aromatic N) is 2. The van der Waals surface area contributed by atoms with Crippen LogP contribution in [0.25, 0.3) is 11.0 Å². The third-order valence-corrected chi connectivity index (χ3v) is 2.80. The Kier molecular flexibility index (Phi) is 3.57. The summed E-state index contributed by atoms with van der Waals surface area (Å²) in [7, 11) is 0. The molecule has 0 radical (unpaired) electrons. The highest BCUT2D eigenvalue weighted by molar-refractivity contribution is 5.75. The molecule has 86 valence electrons. The lowest BCUT2D eigenvalue weighted by Gasteiger charge is -2.07. The van der Waals surface area contributed by atoms with E-state index in [1.807, 2.05) is 18.2 Å². The maximum Gasteiger partial charge on any atom is 0.112 e. The van der Waals surface area contributed by atoms with E-state index in [1.165, 1.54) is 11.9 Å². The number of aromatic nitrogens is 2. The molecule has 0 aliphatic carbocycles. The number of hydrogen-bond acceptors (Lipinski definition) is 2. The second kappa shape index (κ2) is 5.12. The van der Waals surface area contributed by atoms with Gasteiger partial charge in [-0.3, -0.25) is 0 Å². The van der Waals surface area contributed by atoms with Gasteiger partial charge in [-0.1, -0.05) is 25.5 Å². The van der Waals surface area contributed by atoms with E-state index in [0.717, 1.165) is 24.3 Å². The molecule has 0 amide bonds. The second-order valence-electron chi connectivity index (χ2n) is 4.00. The number of benzene rings is 1. The Bertz CT molecular complexity index is 462. The van der Waals surface area contributed by atoms with E-state index < -0.39 is 0 Å². The van der Waals surface area contributed by atoms with Gasteiger partial charge in [0.1, 0.15) is 5.82 Å². The number of aliphatic hydroxyl groups excluding tert-OH is 1. The molecular weight excluding hydrogens is 200 g/mol. The van der Waals surface area contributed by atoms with Crippen LogP contribution in [-0.4, -0.2) is 21.3 Å². The molecule has 0 unspecified atom stereocenters. The van der Waals surface area contributed by atoms with Crippen molar-refractivity contribution in [3.05, 3.63) is 30.1 Å². The summed E-state index contributed by atoms with van der Waals surface area (Å²) < 4.78 is 2.23. The summed E-state index contributed by atoms with van der Waals surface area (Å²) in [6.45, 7) is 3.34. The molecule has 3 heteroatoms. The van der Waals surface area contributed by atoms with Crippen LogP contribution in [0.5, 0.6) is 0 Å². The van der Waals surface area contributed by atoms with Gasteiger partial charge in [0.05, 0.1) is 17.6 Å². The van der Waals surface area contributed by atoms with Gasteiger partial charge in [0, 0.05) is 13.0 Å².